The lowest BCUT2D eigenvalue weighted by atomic mass is 10.1. The van der Waals surface area contributed by atoms with Gasteiger partial charge in [-0.25, -0.2) is 14.8 Å². The Labute approximate surface area is 153 Å². The van der Waals surface area contributed by atoms with Gasteiger partial charge in [-0.15, -0.1) is 0 Å². The van der Waals surface area contributed by atoms with E-state index in [4.69, 9.17) is 4.74 Å². The third-order valence-corrected chi connectivity index (χ3v) is 4.00. The molecule has 3 aromatic rings. The standard InChI is InChI=1S/C19H14N4O4/c1-10-4-2-6-14(22-10)23-18-15(19(25)26)16(24)13(27-18)8-11-9-21-17-12(11)5-3-7-20-17/h2-9H,1H3,(H,20,21)(H,22,23)(H,25,26). The van der Waals surface area contributed by atoms with Crippen molar-refractivity contribution in [3.8, 4) is 0 Å². The Kier molecular flexibility index (Phi) is 3.92. The van der Waals surface area contributed by atoms with Gasteiger partial charge in [-0.3, -0.25) is 4.79 Å². The van der Waals surface area contributed by atoms with Gasteiger partial charge in [0.2, 0.25) is 11.7 Å². The average Bonchev–Trinajstić information content (AvgIpc) is 3.17. The summed E-state index contributed by atoms with van der Waals surface area (Å²) in [6, 6.07) is 8.83. The lowest BCUT2D eigenvalue weighted by Gasteiger charge is -2.07. The van der Waals surface area contributed by atoms with Gasteiger partial charge in [-0.05, 0) is 37.3 Å². The second-order valence-corrected chi connectivity index (χ2v) is 5.88. The van der Waals surface area contributed by atoms with Gasteiger partial charge < -0.3 is 20.1 Å². The fraction of sp³-hybridized carbons (Fsp3) is 0.0526. The van der Waals surface area contributed by atoms with Crippen molar-refractivity contribution in [1.82, 2.24) is 15.0 Å². The number of anilines is 1. The number of aryl methyl sites for hydroxylation is 1. The van der Waals surface area contributed by atoms with E-state index in [1.165, 1.54) is 6.08 Å². The van der Waals surface area contributed by atoms with Crippen molar-refractivity contribution in [3.63, 3.8) is 0 Å². The summed E-state index contributed by atoms with van der Waals surface area (Å²) in [5.41, 5.74) is 1.59. The van der Waals surface area contributed by atoms with E-state index in [2.05, 4.69) is 20.3 Å². The van der Waals surface area contributed by atoms with Crippen LogP contribution in [0, 0.1) is 6.92 Å². The number of Topliss-reactive ketones (excluding diaryl/α,β-unsaturated/α-hetero) is 1. The van der Waals surface area contributed by atoms with Crippen LogP contribution in [0.2, 0.25) is 0 Å². The molecule has 0 fully saturated rings. The van der Waals surface area contributed by atoms with Gasteiger partial charge in [0, 0.05) is 29.0 Å². The number of ether oxygens (including phenoxy) is 1. The average molecular weight is 362 g/mol. The number of ketones is 1. The van der Waals surface area contributed by atoms with Gasteiger partial charge in [0.25, 0.3) is 0 Å². The molecule has 4 heterocycles. The molecule has 0 aliphatic carbocycles. The lowest BCUT2D eigenvalue weighted by molar-refractivity contribution is -0.134. The maximum absolute atomic E-state index is 12.6. The van der Waals surface area contributed by atoms with E-state index in [0.29, 0.717) is 17.0 Å². The Morgan fingerprint density at radius 1 is 1.30 bits per heavy atom. The molecule has 0 aromatic carbocycles. The highest BCUT2D eigenvalue weighted by atomic mass is 16.5. The second-order valence-electron chi connectivity index (χ2n) is 5.88. The third kappa shape index (κ3) is 3.04. The molecule has 134 valence electrons. The van der Waals surface area contributed by atoms with Gasteiger partial charge in [0.15, 0.2) is 11.3 Å². The van der Waals surface area contributed by atoms with Crippen LogP contribution in [0.25, 0.3) is 17.1 Å². The quantitative estimate of drug-likeness (QED) is 0.482. The van der Waals surface area contributed by atoms with E-state index in [0.717, 1.165) is 11.1 Å². The molecular formula is C19H14N4O4. The summed E-state index contributed by atoms with van der Waals surface area (Å²) in [6.07, 6.45) is 4.81. The molecule has 8 heteroatoms. The number of hydrogen-bond donors (Lipinski definition) is 3. The minimum absolute atomic E-state index is 0.0905. The summed E-state index contributed by atoms with van der Waals surface area (Å²) >= 11 is 0. The van der Waals surface area contributed by atoms with Crippen LogP contribution in [-0.4, -0.2) is 31.8 Å². The van der Waals surface area contributed by atoms with Gasteiger partial charge >= 0.3 is 5.97 Å². The number of hydrogen-bond acceptors (Lipinski definition) is 6. The highest BCUT2D eigenvalue weighted by Crippen LogP contribution is 2.29. The van der Waals surface area contributed by atoms with Crippen LogP contribution in [0.4, 0.5) is 5.82 Å². The molecule has 0 radical (unpaired) electrons. The Balaban J connectivity index is 1.70. The lowest BCUT2D eigenvalue weighted by Crippen LogP contribution is -2.12. The van der Waals surface area contributed by atoms with Crippen LogP contribution in [0.3, 0.4) is 0 Å². The number of carbonyl (C=O) groups is 2. The second kappa shape index (κ2) is 6.41. The van der Waals surface area contributed by atoms with Crippen LogP contribution in [0.1, 0.15) is 11.3 Å². The molecule has 0 saturated heterocycles. The highest BCUT2D eigenvalue weighted by Gasteiger charge is 2.36. The first-order valence-corrected chi connectivity index (χ1v) is 8.07. The van der Waals surface area contributed by atoms with Crippen molar-refractivity contribution in [3.05, 3.63) is 71.2 Å². The fourth-order valence-electron chi connectivity index (χ4n) is 2.78. The van der Waals surface area contributed by atoms with Crippen LogP contribution in [-0.2, 0) is 14.3 Å². The predicted octanol–water partition coefficient (Wildman–Crippen LogP) is 2.61. The monoisotopic (exact) mass is 362 g/mol. The number of allylic oxidation sites excluding steroid dienone is 1. The van der Waals surface area contributed by atoms with Crippen molar-refractivity contribution in [2.45, 2.75) is 6.92 Å². The molecule has 0 unspecified atom stereocenters. The Hall–Kier alpha value is -3.94. The van der Waals surface area contributed by atoms with Crippen LogP contribution in [0.5, 0.6) is 0 Å². The number of aliphatic carboxylic acids is 1. The number of H-pyrrole nitrogens is 1. The number of nitrogens with zero attached hydrogens (tertiary/aromatic N) is 2. The van der Waals surface area contributed by atoms with Crippen LogP contribution in [0.15, 0.2) is 59.9 Å². The van der Waals surface area contributed by atoms with Crippen molar-refractivity contribution >= 4 is 34.7 Å². The fourth-order valence-corrected chi connectivity index (χ4v) is 2.78. The molecule has 4 rings (SSSR count). The van der Waals surface area contributed by atoms with E-state index in [9.17, 15) is 14.7 Å². The number of pyridine rings is 2. The molecule has 0 atom stereocenters. The number of fused-ring (bicyclic) bond motifs is 1. The smallest absolute Gasteiger partial charge is 0.345 e. The number of rotatable bonds is 4. The summed E-state index contributed by atoms with van der Waals surface area (Å²) in [6.45, 7) is 1.80. The predicted molar refractivity (Wildman–Crippen MR) is 97.4 cm³/mol. The number of aromatic amines is 1. The molecule has 0 spiro atoms. The van der Waals surface area contributed by atoms with E-state index in [1.54, 1.807) is 43.6 Å². The first kappa shape index (κ1) is 16.5. The Bertz CT molecular complexity index is 1140. The molecule has 1 aliphatic rings. The summed E-state index contributed by atoms with van der Waals surface area (Å²) in [5.74, 6) is -1.95. The van der Waals surface area contributed by atoms with Gasteiger partial charge in [0.05, 0.1) is 0 Å². The summed E-state index contributed by atoms with van der Waals surface area (Å²) in [4.78, 5) is 35.5. The Morgan fingerprint density at radius 2 is 2.15 bits per heavy atom. The normalized spacial score (nSPS) is 15.4. The highest BCUT2D eigenvalue weighted by molar-refractivity contribution is 6.26. The SMILES string of the molecule is Cc1cccc(NC2=C(C(=O)O)C(=O)C(=Cc3c[nH]c4ncccc34)O2)n1. The zero-order valence-corrected chi connectivity index (χ0v) is 14.2. The van der Waals surface area contributed by atoms with Crippen molar-refractivity contribution < 1.29 is 19.4 Å². The molecule has 1 aliphatic heterocycles. The maximum Gasteiger partial charge on any atom is 0.345 e. The Morgan fingerprint density at radius 3 is 2.93 bits per heavy atom. The van der Waals surface area contributed by atoms with E-state index >= 15 is 0 Å². The van der Waals surface area contributed by atoms with E-state index < -0.39 is 17.3 Å². The summed E-state index contributed by atoms with van der Waals surface area (Å²) in [7, 11) is 0. The van der Waals surface area contributed by atoms with E-state index in [-0.39, 0.29) is 11.6 Å². The number of carboxylic acids is 1. The van der Waals surface area contributed by atoms with Crippen molar-refractivity contribution in [1.29, 1.82) is 0 Å². The van der Waals surface area contributed by atoms with Crippen molar-refractivity contribution in [2.75, 3.05) is 5.32 Å². The third-order valence-electron chi connectivity index (χ3n) is 4.00. The molecule has 3 N–H and O–H groups in total. The molecule has 3 aromatic heterocycles. The minimum Gasteiger partial charge on any atom is -0.477 e. The summed E-state index contributed by atoms with van der Waals surface area (Å²) in [5, 5.41) is 13.0. The molecule has 0 amide bonds. The molecule has 8 nitrogen and oxygen atoms in total. The zero-order valence-electron chi connectivity index (χ0n) is 14.2. The first-order valence-electron chi connectivity index (χ1n) is 8.07. The van der Waals surface area contributed by atoms with Crippen LogP contribution < -0.4 is 5.32 Å². The number of nitrogens with one attached hydrogen (secondary N) is 2. The summed E-state index contributed by atoms with van der Waals surface area (Å²) < 4.78 is 5.54. The molecule has 0 bridgehead atoms. The van der Waals surface area contributed by atoms with E-state index in [1.807, 2.05) is 6.07 Å². The molecule has 0 saturated carbocycles. The van der Waals surface area contributed by atoms with Crippen molar-refractivity contribution in [2.24, 2.45) is 0 Å². The maximum atomic E-state index is 12.6. The van der Waals surface area contributed by atoms with Gasteiger partial charge in [-0.1, -0.05) is 6.07 Å². The largest absolute Gasteiger partial charge is 0.477 e. The molecular weight excluding hydrogens is 348 g/mol. The van der Waals surface area contributed by atoms with Crippen LogP contribution >= 0.6 is 0 Å². The topological polar surface area (TPSA) is 117 Å². The molecule has 27 heavy (non-hydrogen) atoms. The first-order chi connectivity index (χ1) is 13.0. The van der Waals surface area contributed by atoms with Gasteiger partial charge in [-0.2, -0.15) is 0 Å². The number of aromatic nitrogens is 3. The zero-order chi connectivity index (χ0) is 19.0. The minimum atomic E-state index is -1.38. The van der Waals surface area contributed by atoms with Gasteiger partial charge in [0.1, 0.15) is 11.5 Å². The number of carboxylic acid groups (broad SMARTS) is 1. The number of carbonyl (C=O) groups excluding carboxylic acids is 1.